The number of rotatable bonds is 10. The zero-order valence-corrected chi connectivity index (χ0v) is 20.2. The molecule has 0 saturated carbocycles. The van der Waals surface area contributed by atoms with E-state index in [1.165, 1.54) is 18.3 Å². The summed E-state index contributed by atoms with van der Waals surface area (Å²) in [6, 6.07) is 2.94. The molecule has 32 heavy (non-hydrogen) atoms. The number of carboxylic acids is 1. The van der Waals surface area contributed by atoms with Gasteiger partial charge in [-0.1, -0.05) is 32.1 Å². The number of carboxylic acid groups (broad SMARTS) is 1. The van der Waals surface area contributed by atoms with Gasteiger partial charge >= 0.3 is 12.1 Å². The molecular weight excluding hydrogens is 408 g/mol. The van der Waals surface area contributed by atoms with Crippen molar-refractivity contribution in [1.29, 1.82) is 0 Å². The summed E-state index contributed by atoms with van der Waals surface area (Å²) in [5, 5.41) is 8.95. The van der Waals surface area contributed by atoms with E-state index < -0.39 is 11.6 Å². The average molecular weight is 445 g/mol. The van der Waals surface area contributed by atoms with E-state index in [0.29, 0.717) is 30.6 Å². The van der Waals surface area contributed by atoms with Crippen LogP contribution in [0.25, 0.3) is 0 Å². The van der Waals surface area contributed by atoms with Crippen molar-refractivity contribution in [2.75, 3.05) is 13.1 Å². The van der Waals surface area contributed by atoms with Gasteiger partial charge in [0.25, 0.3) is 0 Å². The largest absolute Gasteiger partial charge is 0.478 e. The third-order valence-electron chi connectivity index (χ3n) is 4.16. The van der Waals surface area contributed by atoms with Crippen molar-refractivity contribution in [2.24, 2.45) is 5.92 Å². The average Bonchev–Trinajstić information content (AvgIpc) is 2.68. The molecule has 0 aliphatic heterocycles. The Labute approximate surface area is 191 Å². The molecule has 0 aliphatic carbocycles. The first kappa shape index (κ1) is 26.9. The first-order valence-corrected chi connectivity index (χ1v) is 10.8. The van der Waals surface area contributed by atoms with Gasteiger partial charge in [-0.25, -0.2) is 14.6 Å². The normalized spacial score (nSPS) is 12.9. The van der Waals surface area contributed by atoms with E-state index in [2.05, 4.69) is 18.8 Å². The lowest BCUT2D eigenvalue weighted by Crippen LogP contribution is -2.38. The number of carbonyl (C=O) groups is 2. The second-order valence-corrected chi connectivity index (χ2v) is 8.90. The standard InChI is InChI=1S/C25H36N2O5/c1-8-9-20(17-27(15-14-18(2)3)24(30)32-25(5,6)7)11-10-19(4)31-22-13-12-21(16-26-22)23(28)29/h8-13,16,18H,14-15,17H2,1-7H3,(H,28,29)/b9-8-,19-10+,20-11+. The molecule has 0 atom stereocenters. The zero-order valence-electron chi connectivity index (χ0n) is 20.2. The van der Waals surface area contributed by atoms with Crippen LogP contribution in [-0.4, -0.2) is 45.7 Å². The van der Waals surface area contributed by atoms with Crippen molar-refractivity contribution in [3.05, 3.63) is 59.5 Å². The summed E-state index contributed by atoms with van der Waals surface area (Å²) in [4.78, 5) is 29.4. The van der Waals surface area contributed by atoms with Crippen molar-refractivity contribution in [3.8, 4) is 5.88 Å². The molecule has 1 aromatic heterocycles. The number of aromatic nitrogens is 1. The number of hydrogen-bond acceptors (Lipinski definition) is 5. The van der Waals surface area contributed by atoms with Crippen LogP contribution in [-0.2, 0) is 4.74 Å². The van der Waals surface area contributed by atoms with E-state index in [-0.39, 0.29) is 11.7 Å². The highest BCUT2D eigenvalue weighted by atomic mass is 16.6. The van der Waals surface area contributed by atoms with Crippen molar-refractivity contribution < 1.29 is 24.2 Å². The molecule has 7 heteroatoms. The SMILES string of the molecule is C\C=C/C(=C\C=C(/C)Oc1ccc(C(=O)O)cn1)CN(CCC(C)C)C(=O)OC(C)(C)C. The number of pyridine rings is 1. The van der Waals surface area contributed by atoms with Gasteiger partial charge in [0.1, 0.15) is 11.4 Å². The zero-order chi connectivity index (χ0) is 24.3. The summed E-state index contributed by atoms with van der Waals surface area (Å²) in [6.07, 6.45) is 9.31. The lowest BCUT2D eigenvalue weighted by Gasteiger charge is -2.28. The van der Waals surface area contributed by atoms with Crippen LogP contribution in [0.2, 0.25) is 0 Å². The predicted molar refractivity (Wildman–Crippen MR) is 126 cm³/mol. The van der Waals surface area contributed by atoms with Gasteiger partial charge in [-0.3, -0.25) is 0 Å². The first-order chi connectivity index (χ1) is 14.9. The maximum Gasteiger partial charge on any atom is 0.410 e. The third-order valence-corrected chi connectivity index (χ3v) is 4.16. The molecule has 0 unspecified atom stereocenters. The molecule has 0 aromatic carbocycles. The summed E-state index contributed by atoms with van der Waals surface area (Å²) in [5.74, 6) is 0.303. The van der Waals surface area contributed by atoms with E-state index in [4.69, 9.17) is 14.6 Å². The van der Waals surface area contributed by atoms with Gasteiger partial charge in [0, 0.05) is 25.4 Å². The Morgan fingerprint density at radius 3 is 2.41 bits per heavy atom. The lowest BCUT2D eigenvalue weighted by atomic mass is 10.1. The molecule has 1 N–H and O–H groups in total. The van der Waals surface area contributed by atoms with Gasteiger partial charge in [-0.2, -0.15) is 0 Å². The van der Waals surface area contributed by atoms with E-state index in [9.17, 15) is 9.59 Å². The monoisotopic (exact) mass is 444 g/mol. The number of hydrogen-bond donors (Lipinski definition) is 1. The minimum atomic E-state index is -1.04. The minimum Gasteiger partial charge on any atom is -0.478 e. The lowest BCUT2D eigenvalue weighted by molar-refractivity contribution is 0.0261. The Bertz CT molecular complexity index is 846. The van der Waals surface area contributed by atoms with Crippen LogP contribution >= 0.6 is 0 Å². The number of ether oxygens (including phenoxy) is 2. The minimum absolute atomic E-state index is 0.0953. The van der Waals surface area contributed by atoms with E-state index in [1.54, 1.807) is 17.9 Å². The molecule has 0 bridgehead atoms. The van der Waals surface area contributed by atoms with Crippen LogP contribution < -0.4 is 4.74 Å². The third kappa shape index (κ3) is 10.8. The summed E-state index contributed by atoms with van der Waals surface area (Å²) in [5.41, 5.74) is 0.447. The number of nitrogens with zero attached hydrogens (tertiary/aromatic N) is 2. The first-order valence-electron chi connectivity index (χ1n) is 10.8. The Morgan fingerprint density at radius 2 is 1.91 bits per heavy atom. The van der Waals surface area contributed by atoms with Crippen LogP contribution in [0.5, 0.6) is 5.88 Å². The van der Waals surface area contributed by atoms with Gasteiger partial charge in [0.05, 0.1) is 5.56 Å². The molecule has 1 rings (SSSR count). The molecule has 1 amide bonds. The summed E-state index contributed by atoms with van der Waals surface area (Å²) in [6.45, 7) is 14.5. The Balaban J connectivity index is 2.97. The summed E-state index contributed by atoms with van der Waals surface area (Å²) < 4.78 is 11.2. The molecule has 0 radical (unpaired) electrons. The van der Waals surface area contributed by atoms with E-state index >= 15 is 0 Å². The molecule has 0 aliphatic rings. The molecule has 1 heterocycles. The fourth-order valence-electron chi connectivity index (χ4n) is 2.56. The van der Waals surface area contributed by atoms with Gasteiger partial charge in [0.2, 0.25) is 5.88 Å². The maximum atomic E-state index is 12.7. The van der Waals surface area contributed by atoms with Crippen LogP contribution in [0.1, 0.15) is 65.2 Å². The highest BCUT2D eigenvalue weighted by Crippen LogP contribution is 2.15. The molecule has 7 nitrogen and oxygen atoms in total. The van der Waals surface area contributed by atoms with Gasteiger partial charge in [-0.05, 0) is 64.7 Å². The van der Waals surface area contributed by atoms with Crippen molar-refractivity contribution in [1.82, 2.24) is 9.88 Å². The van der Waals surface area contributed by atoms with Crippen LogP contribution in [0.15, 0.2) is 54.0 Å². The van der Waals surface area contributed by atoms with Gasteiger partial charge < -0.3 is 19.5 Å². The van der Waals surface area contributed by atoms with Gasteiger partial charge in [0.15, 0.2) is 0 Å². The topological polar surface area (TPSA) is 89.0 Å². The Morgan fingerprint density at radius 1 is 1.22 bits per heavy atom. The second kappa shape index (κ2) is 12.7. The number of allylic oxidation sites excluding steroid dienone is 4. The highest BCUT2D eigenvalue weighted by Gasteiger charge is 2.22. The van der Waals surface area contributed by atoms with Crippen LogP contribution in [0.4, 0.5) is 4.79 Å². The molecule has 1 aromatic rings. The maximum absolute atomic E-state index is 12.7. The van der Waals surface area contributed by atoms with E-state index in [0.717, 1.165) is 12.0 Å². The van der Waals surface area contributed by atoms with Crippen LogP contribution in [0, 0.1) is 5.92 Å². The second-order valence-electron chi connectivity index (χ2n) is 8.90. The smallest absolute Gasteiger partial charge is 0.410 e. The van der Waals surface area contributed by atoms with Crippen molar-refractivity contribution in [3.63, 3.8) is 0 Å². The molecule has 0 saturated heterocycles. The fraction of sp³-hybridized carbons (Fsp3) is 0.480. The molecular formula is C25H36N2O5. The highest BCUT2D eigenvalue weighted by molar-refractivity contribution is 5.87. The Kier molecular flexibility index (Phi) is 10.7. The van der Waals surface area contributed by atoms with Crippen molar-refractivity contribution in [2.45, 2.75) is 60.5 Å². The molecule has 0 spiro atoms. The Hall–Kier alpha value is -3.09. The fourth-order valence-corrected chi connectivity index (χ4v) is 2.56. The summed E-state index contributed by atoms with van der Waals surface area (Å²) in [7, 11) is 0. The van der Waals surface area contributed by atoms with Gasteiger partial charge in [-0.15, -0.1) is 0 Å². The molecule has 176 valence electrons. The van der Waals surface area contributed by atoms with Crippen LogP contribution in [0.3, 0.4) is 0 Å². The summed E-state index contributed by atoms with van der Waals surface area (Å²) >= 11 is 0. The van der Waals surface area contributed by atoms with Crippen molar-refractivity contribution >= 4 is 12.1 Å². The van der Waals surface area contributed by atoms with E-state index in [1.807, 2.05) is 45.9 Å². The predicted octanol–water partition coefficient (Wildman–Crippen LogP) is 5.85. The quantitative estimate of drug-likeness (QED) is 0.360. The molecule has 0 fully saturated rings. The number of carbonyl (C=O) groups excluding carboxylic acids is 1. The number of aromatic carboxylic acids is 1. The number of amides is 1.